The molecule has 8 nitrogen and oxygen atoms in total. The lowest BCUT2D eigenvalue weighted by Gasteiger charge is -2.26. The molecule has 1 atom stereocenters. The SMILES string of the molecule is COCCN(/C=C(/C#N)C(=O)Nc1ccccc1OC)C1CCS(=O)(=O)C1. The van der Waals surface area contributed by atoms with E-state index in [0.29, 0.717) is 31.0 Å². The van der Waals surface area contributed by atoms with Gasteiger partial charge in [-0.1, -0.05) is 12.1 Å². The number of amides is 1. The van der Waals surface area contributed by atoms with Gasteiger partial charge >= 0.3 is 0 Å². The minimum absolute atomic E-state index is 0.0000496. The Morgan fingerprint density at radius 1 is 1.41 bits per heavy atom. The second kappa shape index (κ2) is 9.39. The fraction of sp³-hybridized carbons (Fsp3) is 0.444. The lowest BCUT2D eigenvalue weighted by molar-refractivity contribution is -0.112. The molecule has 146 valence electrons. The number of carbonyl (C=O) groups excluding carboxylic acids is 1. The van der Waals surface area contributed by atoms with Gasteiger partial charge in [0.05, 0.1) is 30.9 Å². The molecule has 1 aliphatic heterocycles. The molecule has 1 unspecified atom stereocenters. The van der Waals surface area contributed by atoms with E-state index < -0.39 is 15.7 Å². The molecular formula is C18H23N3O5S. The fourth-order valence-corrected chi connectivity index (χ4v) is 4.57. The number of nitrogens with one attached hydrogen (secondary N) is 1. The molecule has 1 saturated heterocycles. The number of para-hydroxylation sites is 2. The van der Waals surface area contributed by atoms with Crippen molar-refractivity contribution in [1.82, 2.24) is 4.90 Å². The molecular weight excluding hydrogens is 370 g/mol. The van der Waals surface area contributed by atoms with Gasteiger partial charge in [-0.3, -0.25) is 4.79 Å². The van der Waals surface area contributed by atoms with E-state index in [2.05, 4.69) is 5.32 Å². The second-order valence-corrected chi connectivity index (χ2v) is 8.33. The number of hydrogen-bond acceptors (Lipinski definition) is 7. The van der Waals surface area contributed by atoms with Gasteiger partial charge in [-0.05, 0) is 18.6 Å². The lowest BCUT2D eigenvalue weighted by Crippen LogP contribution is -2.35. The van der Waals surface area contributed by atoms with E-state index in [1.807, 2.05) is 6.07 Å². The fourth-order valence-electron chi connectivity index (χ4n) is 2.83. The Morgan fingerprint density at radius 3 is 2.74 bits per heavy atom. The predicted molar refractivity (Wildman–Crippen MR) is 101 cm³/mol. The van der Waals surface area contributed by atoms with E-state index in [1.54, 1.807) is 29.2 Å². The quantitative estimate of drug-likeness (QED) is 0.522. The minimum Gasteiger partial charge on any atom is -0.495 e. The van der Waals surface area contributed by atoms with Crippen LogP contribution >= 0.6 is 0 Å². The third-order valence-corrected chi connectivity index (χ3v) is 6.00. The monoisotopic (exact) mass is 393 g/mol. The number of methoxy groups -OCH3 is 2. The van der Waals surface area contributed by atoms with E-state index >= 15 is 0 Å². The van der Waals surface area contributed by atoms with Crippen LogP contribution in [-0.4, -0.2) is 64.1 Å². The lowest BCUT2D eigenvalue weighted by atomic mass is 10.2. The number of rotatable bonds is 8. The second-order valence-electron chi connectivity index (χ2n) is 6.10. The van der Waals surface area contributed by atoms with Gasteiger partial charge in [0.1, 0.15) is 17.4 Å². The van der Waals surface area contributed by atoms with Crippen molar-refractivity contribution in [2.45, 2.75) is 12.5 Å². The molecule has 1 aromatic carbocycles. The van der Waals surface area contributed by atoms with Gasteiger partial charge in [-0.25, -0.2) is 8.42 Å². The summed E-state index contributed by atoms with van der Waals surface area (Å²) < 4.78 is 33.8. The number of nitrogens with zero attached hydrogens (tertiary/aromatic N) is 2. The largest absolute Gasteiger partial charge is 0.495 e. The van der Waals surface area contributed by atoms with Gasteiger partial charge in [0.2, 0.25) is 0 Å². The van der Waals surface area contributed by atoms with Gasteiger partial charge in [0, 0.05) is 25.9 Å². The highest BCUT2D eigenvalue weighted by Crippen LogP contribution is 2.24. The standard InChI is InChI=1S/C18H23N3O5S/c1-25-9-8-21(15-7-10-27(23,24)13-15)12-14(11-19)18(22)20-16-5-3-4-6-17(16)26-2/h3-6,12,15H,7-10,13H2,1-2H3,(H,20,22)/b14-12-. The maximum Gasteiger partial charge on any atom is 0.267 e. The average Bonchev–Trinajstić information content (AvgIpc) is 3.02. The number of hydrogen-bond donors (Lipinski definition) is 1. The topological polar surface area (TPSA) is 109 Å². The first-order chi connectivity index (χ1) is 12.9. The summed E-state index contributed by atoms with van der Waals surface area (Å²) in [6.45, 7) is 0.726. The summed E-state index contributed by atoms with van der Waals surface area (Å²) in [6.07, 6.45) is 1.87. The number of nitriles is 1. The van der Waals surface area contributed by atoms with Crippen molar-refractivity contribution in [2.24, 2.45) is 0 Å². The number of sulfone groups is 1. The van der Waals surface area contributed by atoms with Crippen molar-refractivity contribution >= 4 is 21.4 Å². The van der Waals surface area contributed by atoms with Crippen LogP contribution in [0.2, 0.25) is 0 Å². The maximum atomic E-state index is 12.5. The summed E-state index contributed by atoms with van der Waals surface area (Å²) in [4.78, 5) is 14.2. The molecule has 0 radical (unpaired) electrons. The van der Waals surface area contributed by atoms with E-state index in [-0.39, 0.29) is 23.1 Å². The van der Waals surface area contributed by atoms with E-state index in [0.717, 1.165) is 0 Å². The first-order valence-corrected chi connectivity index (χ1v) is 10.2. The van der Waals surface area contributed by atoms with Crippen LogP contribution in [0.25, 0.3) is 0 Å². The zero-order valence-corrected chi connectivity index (χ0v) is 16.2. The minimum atomic E-state index is -3.10. The summed E-state index contributed by atoms with van der Waals surface area (Å²) in [7, 11) is -0.0778. The van der Waals surface area contributed by atoms with Crippen LogP contribution in [0.5, 0.6) is 5.75 Å². The third-order valence-electron chi connectivity index (χ3n) is 4.25. The maximum absolute atomic E-state index is 12.5. The molecule has 0 aromatic heterocycles. The van der Waals surface area contributed by atoms with Gasteiger partial charge in [0.15, 0.2) is 9.84 Å². The molecule has 1 aromatic rings. The molecule has 1 aliphatic rings. The van der Waals surface area contributed by atoms with Crippen LogP contribution in [0.3, 0.4) is 0 Å². The van der Waals surface area contributed by atoms with Crippen LogP contribution in [0.4, 0.5) is 5.69 Å². The molecule has 0 bridgehead atoms. The van der Waals surface area contributed by atoms with Crippen LogP contribution in [0.15, 0.2) is 36.0 Å². The Hall–Kier alpha value is -2.57. The Balaban J connectivity index is 2.21. The van der Waals surface area contributed by atoms with Crippen LogP contribution in [-0.2, 0) is 19.4 Å². The molecule has 0 spiro atoms. The van der Waals surface area contributed by atoms with Crippen molar-refractivity contribution in [1.29, 1.82) is 5.26 Å². The van der Waals surface area contributed by atoms with E-state index in [9.17, 15) is 18.5 Å². The highest BCUT2D eigenvalue weighted by Gasteiger charge is 2.31. The van der Waals surface area contributed by atoms with Gasteiger partial charge in [0.25, 0.3) is 5.91 Å². The molecule has 2 rings (SSSR count). The Morgan fingerprint density at radius 2 is 2.15 bits per heavy atom. The Bertz CT molecular complexity index is 845. The molecule has 1 heterocycles. The molecule has 0 saturated carbocycles. The zero-order chi connectivity index (χ0) is 19.9. The number of carbonyl (C=O) groups is 1. The van der Waals surface area contributed by atoms with Crippen molar-refractivity contribution in [3.8, 4) is 11.8 Å². The summed E-state index contributed by atoms with van der Waals surface area (Å²) in [5, 5.41) is 12.1. The van der Waals surface area contributed by atoms with Gasteiger partial charge in [-0.15, -0.1) is 0 Å². The van der Waals surface area contributed by atoms with Crippen molar-refractivity contribution < 1.29 is 22.7 Å². The molecule has 1 amide bonds. The number of anilines is 1. The highest BCUT2D eigenvalue weighted by molar-refractivity contribution is 7.91. The summed E-state index contributed by atoms with van der Waals surface area (Å²) >= 11 is 0. The van der Waals surface area contributed by atoms with Crippen molar-refractivity contribution in [3.05, 3.63) is 36.0 Å². The third kappa shape index (κ3) is 5.70. The number of benzene rings is 1. The molecule has 27 heavy (non-hydrogen) atoms. The molecule has 9 heteroatoms. The first-order valence-electron chi connectivity index (χ1n) is 8.41. The smallest absolute Gasteiger partial charge is 0.267 e. The van der Waals surface area contributed by atoms with Crippen molar-refractivity contribution in [3.63, 3.8) is 0 Å². The first kappa shape index (κ1) is 20.7. The Labute approximate surface area is 159 Å². The zero-order valence-electron chi connectivity index (χ0n) is 15.3. The normalized spacial score (nSPS) is 18.6. The number of ether oxygens (including phenoxy) is 2. The van der Waals surface area contributed by atoms with Crippen molar-refractivity contribution in [2.75, 3.05) is 44.2 Å². The summed E-state index contributed by atoms with van der Waals surface area (Å²) in [5.74, 6) is -0.0174. The molecule has 1 fully saturated rings. The molecule has 0 aliphatic carbocycles. The van der Waals surface area contributed by atoms with Gasteiger partial charge < -0.3 is 19.7 Å². The predicted octanol–water partition coefficient (Wildman–Crippen LogP) is 1.18. The summed E-state index contributed by atoms with van der Waals surface area (Å²) in [6, 6.07) is 8.47. The van der Waals surface area contributed by atoms with E-state index in [4.69, 9.17) is 9.47 Å². The van der Waals surface area contributed by atoms with E-state index in [1.165, 1.54) is 20.4 Å². The average molecular weight is 393 g/mol. The van der Waals surface area contributed by atoms with Gasteiger partial charge in [-0.2, -0.15) is 5.26 Å². The van der Waals surface area contributed by atoms with Crippen LogP contribution in [0, 0.1) is 11.3 Å². The van der Waals surface area contributed by atoms with Crippen LogP contribution in [0.1, 0.15) is 6.42 Å². The molecule has 1 N–H and O–H groups in total. The Kier molecular flexibility index (Phi) is 7.21. The van der Waals surface area contributed by atoms with Crippen LogP contribution < -0.4 is 10.1 Å². The summed E-state index contributed by atoms with van der Waals surface area (Å²) in [5.41, 5.74) is 0.319. The highest BCUT2D eigenvalue weighted by atomic mass is 32.2.